The van der Waals surface area contributed by atoms with E-state index < -0.39 is 35.6 Å². The van der Waals surface area contributed by atoms with E-state index in [4.69, 9.17) is 0 Å². The first kappa shape index (κ1) is 63.8. The normalized spacial score (nSPS) is 15.8. The smallest absolute Gasteiger partial charge is 0.119 e. The molecule has 0 aliphatic heterocycles. The third-order valence-electron chi connectivity index (χ3n) is 15.0. The topological polar surface area (TPSA) is 121 Å². The van der Waals surface area contributed by atoms with Gasteiger partial charge in [0, 0.05) is 0 Å². The van der Waals surface area contributed by atoms with Gasteiger partial charge in [-0.2, -0.15) is 0 Å². The lowest BCUT2D eigenvalue weighted by Gasteiger charge is -2.46. The molecule has 6 nitrogen and oxygen atoms in total. The van der Waals surface area contributed by atoms with E-state index in [0.717, 1.165) is 103 Å². The Bertz CT molecular complexity index is 845. The van der Waals surface area contributed by atoms with E-state index in [1.54, 1.807) is 0 Å². The number of rotatable bonds is 53. The minimum atomic E-state index is -1.97. The van der Waals surface area contributed by atoms with Crippen LogP contribution in [0.5, 0.6) is 0 Å². The van der Waals surface area contributed by atoms with E-state index in [1.165, 1.54) is 167 Å². The van der Waals surface area contributed by atoms with Crippen molar-refractivity contribution in [2.75, 3.05) is 0 Å². The molecule has 0 aromatic heterocycles. The van der Waals surface area contributed by atoms with Crippen LogP contribution in [0.15, 0.2) is 0 Å². The molecule has 0 fully saturated rings. The lowest BCUT2D eigenvalue weighted by Crippen LogP contribution is -2.65. The predicted molar refractivity (Wildman–Crippen MR) is 278 cm³/mol. The summed E-state index contributed by atoms with van der Waals surface area (Å²) in [6, 6.07) is 0. The van der Waals surface area contributed by atoms with Crippen molar-refractivity contribution >= 4 is 0 Å². The predicted octanol–water partition coefficient (Wildman–Crippen LogP) is 16.7. The molecule has 386 valence electrons. The molecule has 0 saturated heterocycles. The molecule has 6 atom stereocenters. The van der Waals surface area contributed by atoms with Gasteiger partial charge in [0.05, 0.1) is 12.2 Å². The summed E-state index contributed by atoms with van der Waals surface area (Å²) in [6.45, 7) is 8.93. The van der Waals surface area contributed by atoms with Gasteiger partial charge >= 0.3 is 0 Å². The van der Waals surface area contributed by atoms with Gasteiger partial charge in [-0.25, -0.2) is 0 Å². The summed E-state index contributed by atoms with van der Waals surface area (Å²) >= 11 is 0. The molecule has 0 amide bonds. The Morgan fingerprint density at radius 1 is 0.234 bits per heavy atom. The van der Waals surface area contributed by atoms with Crippen molar-refractivity contribution < 1.29 is 30.6 Å². The third kappa shape index (κ3) is 34.1. The summed E-state index contributed by atoms with van der Waals surface area (Å²) in [4.78, 5) is 0. The Morgan fingerprint density at radius 2 is 0.391 bits per heavy atom. The molecule has 0 saturated carbocycles. The second-order valence-corrected chi connectivity index (χ2v) is 21.1. The van der Waals surface area contributed by atoms with Gasteiger partial charge in [-0.1, -0.05) is 310 Å². The van der Waals surface area contributed by atoms with Crippen LogP contribution in [-0.4, -0.2) is 66.3 Å². The highest BCUT2D eigenvalue weighted by Crippen LogP contribution is 2.36. The minimum Gasteiger partial charge on any atom is -0.390 e. The molecular formula is C58H118O6. The summed E-state index contributed by atoms with van der Waals surface area (Å²) < 4.78 is 0. The molecule has 0 aliphatic carbocycles. The highest BCUT2D eigenvalue weighted by Gasteiger charge is 2.53. The molecule has 0 aromatic rings. The zero-order chi connectivity index (χ0) is 47.3. The zero-order valence-electron chi connectivity index (χ0n) is 43.9. The average Bonchev–Trinajstić information content (AvgIpc) is 3.30. The van der Waals surface area contributed by atoms with Gasteiger partial charge in [-0.05, 0) is 25.7 Å². The van der Waals surface area contributed by atoms with Gasteiger partial charge in [0.2, 0.25) is 0 Å². The van der Waals surface area contributed by atoms with Gasteiger partial charge in [-0.3, -0.25) is 0 Å². The van der Waals surface area contributed by atoms with Crippen LogP contribution in [-0.2, 0) is 0 Å². The van der Waals surface area contributed by atoms with Gasteiger partial charge in [0.15, 0.2) is 0 Å². The van der Waals surface area contributed by atoms with Gasteiger partial charge in [0.25, 0.3) is 0 Å². The van der Waals surface area contributed by atoms with E-state index >= 15 is 0 Å². The van der Waals surface area contributed by atoms with Crippen molar-refractivity contribution in [1.82, 2.24) is 0 Å². The van der Waals surface area contributed by atoms with Crippen molar-refractivity contribution in [3.63, 3.8) is 0 Å². The van der Waals surface area contributed by atoms with E-state index in [2.05, 4.69) is 27.7 Å². The van der Waals surface area contributed by atoms with Crippen LogP contribution in [0.2, 0.25) is 0 Å². The van der Waals surface area contributed by atoms with Gasteiger partial charge in [0.1, 0.15) is 23.4 Å². The molecule has 2 unspecified atom stereocenters. The molecule has 0 aromatic carbocycles. The molecule has 0 rings (SSSR count). The molecule has 0 heterocycles. The fourth-order valence-corrected chi connectivity index (χ4v) is 10.2. The van der Waals surface area contributed by atoms with Gasteiger partial charge < -0.3 is 30.6 Å². The summed E-state index contributed by atoms with van der Waals surface area (Å²) in [7, 11) is 0. The van der Waals surface area contributed by atoms with E-state index in [1.807, 2.05) is 0 Å². The van der Waals surface area contributed by atoms with Crippen molar-refractivity contribution in [2.45, 2.75) is 372 Å². The largest absolute Gasteiger partial charge is 0.390 e. The number of hydrogen-bond acceptors (Lipinski definition) is 6. The first-order valence-corrected chi connectivity index (χ1v) is 29.3. The molecule has 0 radical (unpaired) electrons. The Labute approximate surface area is 400 Å². The molecule has 6 N–H and O–H groups in total. The highest BCUT2D eigenvalue weighted by atomic mass is 16.4. The lowest BCUT2D eigenvalue weighted by atomic mass is 9.73. The summed E-state index contributed by atoms with van der Waals surface area (Å²) in [5, 5.41) is 71.6. The average molecular weight is 912 g/mol. The monoisotopic (exact) mass is 911 g/mol. The first-order chi connectivity index (χ1) is 31.1. The minimum absolute atomic E-state index is 0.152. The summed E-state index contributed by atoms with van der Waals surface area (Å²) in [5.74, 6) is 0. The molecule has 6 heteroatoms. The fraction of sp³-hybridized carbons (Fsp3) is 1.00. The maximum absolute atomic E-state index is 12.2. The van der Waals surface area contributed by atoms with E-state index in [9.17, 15) is 30.6 Å². The van der Waals surface area contributed by atoms with Crippen LogP contribution in [0.1, 0.15) is 336 Å². The quantitative estimate of drug-likeness (QED) is 0.0338. The van der Waals surface area contributed by atoms with Crippen molar-refractivity contribution in [2.24, 2.45) is 0 Å². The van der Waals surface area contributed by atoms with Crippen molar-refractivity contribution in [1.29, 1.82) is 0 Å². The summed E-state index contributed by atoms with van der Waals surface area (Å²) in [6.07, 6.45) is 47.3. The number of unbranched alkanes of at least 4 members (excludes halogenated alkanes) is 40. The van der Waals surface area contributed by atoms with Crippen LogP contribution in [0.25, 0.3) is 0 Å². The maximum Gasteiger partial charge on any atom is 0.119 e. The third-order valence-corrected chi connectivity index (χ3v) is 15.0. The Balaban J connectivity index is 5.15. The molecule has 0 bridgehead atoms. The number of aliphatic hydroxyl groups excluding tert-OH is 4. The Kier molecular flexibility index (Phi) is 46.3. The number of hydrogen-bond donors (Lipinski definition) is 6. The number of aliphatic hydroxyl groups is 6. The maximum atomic E-state index is 12.2. The van der Waals surface area contributed by atoms with Crippen LogP contribution in [0.3, 0.4) is 0 Å². The van der Waals surface area contributed by atoms with Gasteiger partial charge in [-0.15, -0.1) is 0 Å². The first-order valence-electron chi connectivity index (χ1n) is 29.3. The fourth-order valence-electron chi connectivity index (χ4n) is 10.2. The van der Waals surface area contributed by atoms with E-state index in [0.29, 0.717) is 25.7 Å². The van der Waals surface area contributed by atoms with Crippen molar-refractivity contribution in [3.05, 3.63) is 0 Å². The van der Waals surface area contributed by atoms with Crippen molar-refractivity contribution in [3.8, 4) is 0 Å². The molecule has 0 spiro atoms. The standard InChI is InChI=1S/C58H118O6/c1-5-9-13-17-21-23-25-27-29-31-33-35-37-39-41-45-49-53(59)57(63,51-47-43-19-15-11-7-3)55(61)56(62)58(64,52-48-44-20-16-12-8-4)54(60)50-46-42-40-38-36-34-32-30-28-26-24-22-18-14-10-6-2/h53-56,59-64H,5-52H2,1-4H3/t53?,54?,55-,56-,57+,58+/m0/s1. The lowest BCUT2D eigenvalue weighted by molar-refractivity contribution is -0.238. The Hall–Kier alpha value is -0.240. The second kappa shape index (κ2) is 46.5. The Morgan fingerprint density at radius 3 is 0.578 bits per heavy atom. The molecule has 0 aliphatic rings. The van der Waals surface area contributed by atoms with Crippen LogP contribution >= 0.6 is 0 Å². The summed E-state index contributed by atoms with van der Waals surface area (Å²) in [5.41, 5.74) is -3.94. The molecule has 64 heavy (non-hydrogen) atoms. The molecular weight excluding hydrogens is 793 g/mol. The van der Waals surface area contributed by atoms with Crippen LogP contribution in [0, 0.1) is 0 Å². The van der Waals surface area contributed by atoms with Crippen LogP contribution in [0.4, 0.5) is 0 Å². The van der Waals surface area contributed by atoms with Crippen LogP contribution < -0.4 is 0 Å². The van der Waals surface area contributed by atoms with E-state index in [-0.39, 0.29) is 12.8 Å². The zero-order valence-corrected chi connectivity index (χ0v) is 43.9. The second-order valence-electron chi connectivity index (χ2n) is 21.1. The highest BCUT2D eigenvalue weighted by molar-refractivity contribution is 5.05. The SMILES string of the molecule is CCCCCCCCCCCCCCCCCCC(O)[C@](O)(CCCCCCCC)[C@@H](O)[C@H](O)[C@@](O)(CCCCCCCC)C(O)CCCCCCCCCCCCCCCCCC.